The van der Waals surface area contributed by atoms with Crippen LogP contribution in [0.3, 0.4) is 0 Å². The van der Waals surface area contributed by atoms with E-state index in [4.69, 9.17) is 29.1 Å². The third-order valence-corrected chi connectivity index (χ3v) is 11.1. The number of aliphatic carboxylic acids is 1. The Kier molecular flexibility index (Phi) is 10.5. The third kappa shape index (κ3) is 7.32. The van der Waals surface area contributed by atoms with Crippen LogP contribution in [0.25, 0.3) is 22.3 Å². The largest absolute Gasteiger partial charge is 0.508 e. The number of fused-ring (bicyclic) bond motifs is 3. The van der Waals surface area contributed by atoms with E-state index in [1.165, 1.54) is 30.4 Å². The summed E-state index contributed by atoms with van der Waals surface area (Å²) >= 11 is 0. The number of anilines is 1. The zero-order valence-corrected chi connectivity index (χ0v) is 31.8. The second-order valence-electron chi connectivity index (χ2n) is 14.9. The highest BCUT2D eigenvalue weighted by Gasteiger charge is 2.70. The fourth-order valence-corrected chi connectivity index (χ4v) is 8.05. The summed E-state index contributed by atoms with van der Waals surface area (Å²) in [7, 11) is 0. The van der Waals surface area contributed by atoms with E-state index < -0.39 is 64.6 Å². The van der Waals surface area contributed by atoms with Gasteiger partial charge in [-0.15, -0.1) is 0 Å². The minimum absolute atomic E-state index is 0.0258. The van der Waals surface area contributed by atoms with Gasteiger partial charge in [0, 0.05) is 55.0 Å². The summed E-state index contributed by atoms with van der Waals surface area (Å²) in [5.41, 5.74) is 2.55. The number of nitrogens with two attached hydrogens (primary N) is 1. The molecule has 3 aliphatic rings. The number of aromatic hydroxyl groups is 2. The molecule has 0 spiro atoms. The number of nitrogen functional groups attached to an aromatic ring is 1. The van der Waals surface area contributed by atoms with Gasteiger partial charge < -0.3 is 70.0 Å². The van der Waals surface area contributed by atoms with E-state index in [0.29, 0.717) is 55.4 Å². The molecule has 8 rings (SSSR count). The number of phenolic OH excluding ortho intramolecular Hbond substituents is 2. The molecule has 4 heterocycles. The number of aliphatic hydroxyl groups is 3. The lowest BCUT2D eigenvalue weighted by atomic mass is 9.63. The fraction of sp³-hybridized carbons (Fsp3) is 0.333. The van der Waals surface area contributed by atoms with E-state index >= 15 is 0 Å². The standard InChI is InChI=1S/C42H44N4O13/c1-2-21-13-22(15-25(47)14-21)19-56-36-32(58-40-41(53)11-9-27(28-18-44-20-45-28)42(54,39(41)52)37(59-40)38(50)51)17-31-34(35(36)49)29(48)16-30(57-31)23-3-6-26(7-4-23)55-12-10-24-5-8-33(43)46-24/h3-9,11,13-17,27-28,37,39-40,44-47,49,52-54H,2,10,12,18-20,43H2,1H3,(H,50,51)/t27-,28+,37-,39+,40-,41-,42-/m1/s1. The van der Waals surface area contributed by atoms with Crippen LogP contribution in [0.2, 0.25) is 0 Å². The van der Waals surface area contributed by atoms with Crippen molar-refractivity contribution in [1.29, 1.82) is 0 Å². The summed E-state index contributed by atoms with van der Waals surface area (Å²) in [6, 6.07) is 17.1. The Morgan fingerprint density at radius 1 is 1.02 bits per heavy atom. The highest BCUT2D eigenvalue weighted by molar-refractivity contribution is 5.89. The molecule has 11 N–H and O–H groups in total. The molecule has 17 nitrogen and oxygen atoms in total. The minimum Gasteiger partial charge on any atom is -0.508 e. The number of H-pyrrole nitrogens is 1. The maximum atomic E-state index is 13.7. The number of hydrogen-bond acceptors (Lipinski definition) is 15. The Morgan fingerprint density at radius 3 is 2.49 bits per heavy atom. The summed E-state index contributed by atoms with van der Waals surface area (Å²) in [4.78, 5) is 29.5. The van der Waals surface area contributed by atoms with Gasteiger partial charge in [-0.25, -0.2) is 4.79 Å². The third-order valence-electron chi connectivity index (χ3n) is 11.1. The number of aromatic nitrogens is 1. The van der Waals surface area contributed by atoms with Gasteiger partial charge in [0.25, 0.3) is 0 Å². The molecule has 0 unspecified atom stereocenters. The van der Waals surface area contributed by atoms with Crippen molar-refractivity contribution in [3.8, 4) is 40.1 Å². The maximum absolute atomic E-state index is 13.7. The van der Waals surface area contributed by atoms with E-state index in [1.54, 1.807) is 42.5 Å². The predicted octanol–water partition coefficient (Wildman–Crippen LogP) is 2.26. The maximum Gasteiger partial charge on any atom is 0.336 e. The average Bonchev–Trinajstić information content (AvgIpc) is 3.89. The normalized spacial score (nSPS) is 26.2. The van der Waals surface area contributed by atoms with Gasteiger partial charge in [0.1, 0.15) is 52.4 Å². The first-order valence-corrected chi connectivity index (χ1v) is 19.0. The Bertz CT molecular complexity index is 2460. The van der Waals surface area contributed by atoms with Gasteiger partial charge in [0.05, 0.1) is 6.61 Å². The molecule has 0 saturated carbocycles. The highest BCUT2D eigenvalue weighted by atomic mass is 16.7. The first kappa shape index (κ1) is 39.7. The van der Waals surface area contributed by atoms with Crippen LogP contribution in [0.5, 0.6) is 28.7 Å². The molecule has 2 fully saturated rings. The van der Waals surface area contributed by atoms with Crippen LogP contribution in [0.4, 0.5) is 5.82 Å². The van der Waals surface area contributed by atoms with Gasteiger partial charge in [-0.2, -0.15) is 0 Å². The number of carboxylic acids is 1. The molecule has 2 bridgehead atoms. The van der Waals surface area contributed by atoms with Crippen LogP contribution in [-0.2, 0) is 29.0 Å². The van der Waals surface area contributed by atoms with Crippen molar-refractivity contribution >= 4 is 22.8 Å². The van der Waals surface area contributed by atoms with Crippen molar-refractivity contribution in [1.82, 2.24) is 15.6 Å². The van der Waals surface area contributed by atoms with Gasteiger partial charge in [-0.3, -0.25) is 10.1 Å². The Morgan fingerprint density at radius 2 is 1.80 bits per heavy atom. The number of rotatable bonds is 13. The van der Waals surface area contributed by atoms with Crippen LogP contribution in [0.1, 0.15) is 23.7 Å². The summed E-state index contributed by atoms with van der Waals surface area (Å²) in [6.45, 7) is 2.72. The Hall–Kier alpha value is -6.08. The molecule has 2 saturated heterocycles. The van der Waals surface area contributed by atoms with Crippen molar-refractivity contribution in [3.63, 3.8) is 0 Å². The summed E-state index contributed by atoms with van der Waals surface area (Å²) in [5, 5.41) is 73.7. The number of hydrogen-bond donors (Lipinski definition) is 10. The van der Waals surface area contributed by atoms with Gasteiger partial charge in [-0.1, -0.05) is 19.1 Å². The van der Waals surface area contributed by atoms with Gasteiger partial charge >= 0.3 is 5.97 Å². The number of benzene rings is 3. The molecular formula is C42H44N4O13. The zero-order chi connectivity index (χ0) is 41.6. The van der Waals surface area contributed by atoms with E-state index in [9.17, 15) is 40.2 Å². The number of carbonyl (C=O) groups is 1. The lowest BCUT2D eigenvalue weighted by molar-refractivity contribution is -0.342. The lowest BCUT2D eigenvalue weighted by Gasteiger charge is -2.56. The van der Waals surface area contributed by atoms with E-state index in [0.717, 1.165) is 11.3 Å². The monoisotopic (exact) mass is 812 g/mol. The predicted molar refractivity (Wildman–Crippen MR) is 211 cm³/mol. The number of aryl methyl sites for hydroxylation is 1. The quantitative estimate of drug-likeness (QED) is 0.0764. The first-order chi connectivity index (χ1) is 28.3. The molecule has 5 aromatic rings. The summed E-state index contributed by atoms with van der Waals surface area (Å²) in [6.07, 6.45) is -2.49. The molecule has 2 aliphatic heterocycles. The molecule has 3 aromatic carbocycles. The minimum atomic E-state index is -2.53. The number of carboxylic acid groups (broad SMARTS) is 1. The molecule has 7 atom stereocenters. The fourth-order valence-electron chi connectivity index (χ4n) is 8.05. The number of phenols is 2. The second-order valence-corrected chi connectivity index (χ2v) is 14.9. The lowest BCUT2D eigenvalue weighted by Crippen LogP contribution is -2.79. The van der Waals surface area contributed by atoms with E-state index in [1.807, 2.05) is 13.0 Å². The van der Waals surface area contributed by atoms with Gasteiger partial charge in [0.15, 0.2) is 28.6 Å². The van der Waals surface area contributed by atoms with Crippen molar-refractivity contribution in [2.75, 3.05) is 25.6 Å². The Balaban J connectivity index is 1.16. The second kappa shape index (κ2) is 15.6. The molecular weight excluding hydrogens is 768 g/mol. The molecule has 0 radical (unpaired) electrons. The van der Waals surface area contributed by atoms with Crippen LogP contribution in [0.15, 0.2) is 88.1 Å². The van der Waals surface area contributed by atoms with Gasteiger partial charge in [-0.05, 0) is 72.2 Å². The molecule has 310 valence electrons. The first-order valence-electron chi connectivity index (χ1n) is 19.0. The van der Waals surface area contributed by atoms with E-state index in [2.05, 4.69) is 15.6 Å². The van der Waals surface area contributed by atoms with Gasteiger partial charge in [0.2, 0.25) is 12.0 Å². The highest BCUT2D eigenvalue weighted by Crippen LogP contribution is 2.50. The van der Waals surface area contributed by atoms with Crippen LogP contribution in [0, 0.1) is 5.92 Å². The summed E-state index contributed by atoms with van der Waals surface area (Å²) < 4.78 is 30.0. The van der Waals surface area contributed by atoms with Crippen molar-refractivity contribution in [2.24, 2.45) is 5.92 Å². The number of ether oxygens (including phenoxy) is 4. The molecule has 1 aliphatic carbocycles. The smallest absolute Gasteiger partial charge is 0.336 e. The van der Waals surface area contributed by atoms with Crippen LogP contribution < -0.4 is 36.0 Å². The summed E-state index contributed by atoms with van der Waals surface area (Å²) in [5.74, 6) is -2.96. The Labute approximate surface area is 336 Å². The zero-order valence-electron chi connectivity index (χ0n) is 31.8. The molecule has 59 heavy (non-hydrogen) atoms. The topological polar surface area (TPSA) is 271 Å². The molecule has 0 amide bonds. The van der Waals surface area contributed by atoms with E-state index in [-0.39, 0.29) is 34.8 Å². The molecule has 2 aromatic heterocycles. The van der Waals surface area contributed by atoms with Crippen molar-refractivity contribution in [2.45, 2.75) is 62.1 Å². The average molecular weight is 813 g/mol. The number of aromatic amines is 1. The van der Waals surface area contributed by atoms with Crippen LogP contribution in [-0.4, -0.2) is 97.2 Å². The SMILES string of the molecule is CCc1cc(O)cc(COc2c(O[C@@H]3O[C@H](C(=O)O)[C@]4(O)[C@@H]([C@@H]5CNCN5)C=C[C@@]3(O)[C@@H]4O)cc3oc(-c4ccc(OCCc5ccc(N)[nH]5)cc4)cc(=O)c3c2O)c1. The van der Waals surface area contributed by atoms with Crippen molar-refractivity contribution < 1.29 is 58.8 Å². The van der Waals surface area contributed by atoms with Crippen LogP contribution >= 0.6 is 0 Å². The molecule has 17 heteroatoms. The number of aliphatic hydroxyl groups excluding tert-OH is 1. The number of nitrogens with one attached hydrogen (secondary N) is 3. The van der Waals surface area contributed by atoms with Crippen molar-refractivity contribution in [3.05, 3.63) is 106 Å².